The predicted octanol–water partition coefficient (Wildman–Crippen LogP) is 3.36. The van der Waals surface area contributed by atoms with E-state index in [9.17, 15) is 4.79 Å². The van der Waals surface area contributed by atoms with Crippen LogP contribution in [0, 0.1) is 6.92 Å². The number of rotatable bonds is 4. The summed E-state index contributed by atoms with van der Waals surface area (Å²) in [5.74, 6) is 0. The minimum atomic E-state index is -0.145. The van der Waals surface area contributed by atoms with Crippen molar-refractivity contribution >= 4 is 34.4 Å². The highest BCUT2D eigenvalue weighted by molar-refractivity contribution is 7.80. The summed E-state index contributed by atoms with van der Waals surface area (Å²) in [7, 11) is 5.83. The third kappa shape index (κ3) is 3.88. The number of aromatic nitrogens is 2. The Morgan fingerprint density at radius 1 is 1.00 bits per heavy atom. The van der Waals surface area contributed by atoms with Crippen molar-refractivity contribution in [3.05, 3.63) is 70.6 Å². The number of para-hydroxylation sites is 1. The Morgan fingerprint density at radius 3 is 2.22 bits per heavy atom. The molecule has 3 rings (SSSR count). The van der Waals surface area contributed by atoms with Crippen LogP contribution in [0.4, 0.5) is 17.1 Å². The molecule has 6 nitrogen and oxygen atoms in total. The van der Waals surface area contributed by atoms with Crippen molar-refractivity contribution in [2.75, 3.05) is 29.6 Å². The molecule has 0 spiro atoms. The van der Waals surface area contributed by atoms with Gasteiger partial charge in [-0.25, -0.2) is 4.68 Å². The summed E-state index contributed by atoms with van der Waals surface area (Å²) in [4.78, 5) is 14.9. The van der Waals surface area contributed by atoms with Crippen molar-refractivity contribution in [1.82, 2.24) is 9.36 Å². The molecule has 0 aliphatic rings. The van der Waals surface area contributed by atoms with Gasteiger partial charge in [0.15, 0.2) is 5.11 Å². The highest BCUT2D eigenvalue weighted by atomic mass is 32.1. The van der Waals surface area contributed by atoms with Crippen LogP contribution in [0.5, 0.6) is 0 Å². The molecular formula is C20H23N5OS. The fourth-order valence-corrected chi connectivity index (χ4v) is 3.05. The summed E-state index contributed by atoms with van der Waals surface area (Å²) in [6.45, 7) is 1.89. The van der Waals surface area contributed by atoms with Crippen LogP contribution in [0.15, 0.2) is 59.4 Å². The summed E-state index contributed by atoms with van der Waals surface area (Å²) in [6, 6.07) is 17.4. The van der Waals surface area contributed by atoms with Gasteiger partial charge < -0.3 is 15.5 Å². The number of hydrogen-bond acceptors (Lipinski definition) is 3. The molecule has 0 amide bonds. The van der Waals surface area contributed by atoms with Crippen LogP contribution >= 0.6 is 12.2 Å². The van der Waals surface area contributed by atoms with E-state index in [1.165, 1.54) is 0 Å². The molecule has 0 saturated heterocycles. The monoisotopic (exact) mass is 381 g/mol. The van der Waals surface area contributed by atoms with Gasteiger partial charge in [0, 0.05) is 32.5 Å². The number of nitrogens with one attached hydrogen (secondary N) is 2. The second-order valence-electron chi connectivity index (χ2n) is 6.46. The van der Waals surface area contributed by atoms with Crippen LogP contribution < -0.4 is 21.1 Å². The summed E-state index contributed by atoms with van der Waals surface area (Å²) in [5.41, 5.74) is 3.88. The maximum absolute atomic E-state index is 12.9. The standard InChI is InChI=1S/C20H23N5OS/c1-14-18(19(26)25(24(14)4)17-8-6-5-7-9-17)22-20(27)21-15-10-12-16(13-11-15)23(2)3/h5-13H,1-4H3,(H2,21,22,27). The first-order valence-electron chi connectivity index (χ1n) is 8.58. The smallest absolute Gasteiger partial charge is 0.295 e. The van der Waals surface area contributed by atoms with Gasteiger partial charge in [0.1, 0.15) is 5.69 Å². The molecule has 0 fully saturated rings. The van der Waals surface area contributed by atoms with E-state index in [0.29, 0.717) is 10.8 Å². The second kappa shape index (κ2) is 7.67. The zero-order valence-corrected chi connectivity index (χ0v) is 16.7. The van der Waals surface area contributed by atoms with Crippen LogP contribution in [0.3, 0.4) is 0 Å². The van der Waals surface area contributed by atoms with Crippen molar-refractivity contribution in [3.8, 4) is 5.69 Å². The van der Waals surface area contributed by atoms with Gasteiger partial charge in [-0.15, -0.1) is 0 Å². The molecule has 1 aromatic heterocycles. The Balaban J connectivity index is 1.81. The predicted molar refractivity (Wildman–Crippen MR) is 116 cm³/mol. The Hall–Kier alpha value is -3.06. The van der Waals surface area contributed by atoms with E-state index in [0.717, 1.165) is 22.8 Å². The van der Waals surface area contributed by atoms with Crippen molar-refractivity contribution in [2.45, 2.75) is 6.92 Å². The van der Waals surface area contributed by atoms with Crippen LogP contribution in [-0.2, 0) is 7.05 Å². The lowest BCUT2D eigenvalue weighted by Gasteiger charge is -2.14. The van der Waals surface area contributed by atoms with E-state index < -0.39 is 0 Å². The van der Waals surface area contributed by atoms with Gasteiger partial charge in [0.25, 0.3) is 5.56 Å². The van der Waals surface area contributed by atoms with Gasteiger partial charge in [-0.2, -0.15) is 0 Å². The lowest BCUT2D eigenvalue weighted by molar-refractivity contribution is 0.630. The fraction of sp³-hybridized carbons (Fsp3) is 0.200. The first-order valence-corrected chi connectivity index (χ1v) is 8.98. The molecule has 0 radical (unpaired) electrons. The fourth-order valence-electron chi connectivity index (χ4n) is 2.83. The molecule has 0 aliphatic carbocycles. The lowest BCUT2D eigenvalue weighted by Crippen LogP contribution is -2.25. The topological polar surface area (TPSA) is 54.2 Å². The Morgan fingerprint density at radius 2 is 1.63 bits per heavy atom. The zero-order chi connectivity index (χ0) is 19.6. The van der Waals surface area contributed by atoms with E-state index in [-0.39, 0.29) is 5.56 Å². The Labute approximate surface area is 164 Å². The Bertz CT molecular complexity index is 1000. The van der Waals surface area contributed by atoms with Gasteiger partial charge in [-0.3, -0.25) is 9.48 Å². The lowest BCUT2D eigenvalue weighted by atomic mass is 10.2. The third-order valence-electron chi connectivity index (χ3n) is 4.43. The number of nitrogens with zero attached hydrogens (tertiary/aromatic N) is 3. The molecule has 3 aromatic rings. The largest absolute Gasteiger partial charge is 0.378 e. The van der Waals surface area contributed by atoms with E-state index in [1.807, 2.05) is 92.2 Å². The summed E-state index contributed by atoms with van der Waals surface area (Å²) < 4.78 is 3.43. The van der Waals surface area contributed by atoms with Gasteiger partial charge in [-0.1, -0.05) is 18.2 Å². The summed E-state index contributed by atoms with van der Waals surface area (Å²) in [5, 5.41) is 6.55. The van der Waals surface area contributed by atoms with Gasteiger partial charge in [0.2, 0.25) is 0 Å². The van der Waals surface area contributed by atoms with Gasteiger partial charge >= 0.3 is 0 Å². The first kappa shape index (κ1) is 18.7. The Kier molecular flexibility index (Phi) is 5.32. The van der Waals surface area contributed by atoms with Crippen LogP contribution in [0.1, 0.15) is 5.69 Å². The van der Waals surface area contributed by atoms with Crippen molar-refractivity contribution in [2.24, 2.45) is 7.05 Å². The van der Waals surface area contributed by atoms with Gasteiger partial charge in [0.05, 0.1) is 11.4 Å². The minimum Gasteiger partial charge on any atom is -0.378 e. The summed E-state index contributed by atoms with van der Waals surface area (Å²) >= 11 is 5.40. The molecule has 27 heavy (non-hydrogen) atoms. The average Bonchev–Trinajstić information content (AvgIpc) is 2.86. The van der Waals surface area contributed by atoms with Crippen LogP contribution in [0.25, 0.3) is 5.69 Å². The molecule has 1 heterocycles. The van der Waals surface area contributed by atoms with E-state index >= 15 is 0 Å². The molecule has 0 unspecified atom stereocenters. The molecule has 2 N–H and O–H groups in total. The van der Waals surface area contributed by atoms with Crippen molar-refractivity contribution in [1.29, 1.82) is 0 Å². The third-order valence-corrected chi connectivity index (χ3v) is 4.64. The van der Waals surface area contributed by atoms with E-state index in [2.05, 4.69) is 10.6 Å². The maximum atomic E-state index is 12.9. The minimum absolute atomic E-state index is 0.145. The zero-order valence-electron chi connectivity index (χ0n) is 15.9. The number of hydrogen-bond donors (Lipinski definition) is 2. The van der Waals surface area contributed by atoms with Crippen molar-refractivity contribution in [3.63, 3.8) is 0 Å². The second-order valence-corrected chi connectivity index (χ2v) is 6.87. The number of thiocarbonyl (C=S) groups is 1. The normalized spacial score (nSPS) is 10.5. The van der Waals surface area contributed by atoms with E-state index in [1.54, 1.807) is 4.68 Å². The maximum Gasteiger partial charge on any atom is 0.295 e. The average molecular weight is 382 g/mol. The molecule has 7 heteroatoms. The molecule has 140 valence electrons. The first-order chi connectivity index (χ1) is 12.9. The highest BCUT2D eigenvalue weighted by Gasteiger charge is 2.16. The molecule has 0 aliphatic heterocycles. The number of benzene rings is 2. The van der Waals surface area contributed by atoms with Gasteiger partial charge in [-0.05, 0) is 55.5 Å². The molecule has 2 aromatic carbocycles. The summed E-state index contributed by atoms with van der Waals surface area (Å²) in [6.07, 6.45) is 0. The highest BCUT2D eigenvalue weighted by Crippen LogP contribution is 2.17. The van der Waals surface area contributed by atoms with E-state index in [4.69, 9.17) is 12.2 Å². The van der Waals surface area contributed by atoms with Crippen LogP contribution in [-0.4, -0.2) is 28.6 Å². The molecular weight excluding hydrogens is 358 g/mol. The number of anilines is 3. The molecule has 0 saturated carbocycles. The SMILES string of the molecule is Cc1c(NC(=S)Nc2ccc(N(C)C)cc2)c(=O)n(-c2ccccc2)n1C. The quantitative estimate of drug-likeness (QED) is 0.679. The van der Waals surface area contributed by atoms with Crippen molar-refractivity contribution < 1.29 is 0 Å². The molecule has 0 bridgehead atoms. The van der Waals surface area contributed by atoms with Crippen LogP contribution in [0.2, 0.25) is 0 Å². The molecule has 0 atom stereocenters.